The fourth-order valence-corrected chi connectivity index (χ4v) is 1.52. The number of amides is 1. The van der Waals surface area contributed by atoms with Crippen molar-refractivity contribution in [1.82, 2.24) is 4.90 Å². The molecule has 16 heavy (non-hydrogen) atoms. The van der Waals surface area contributed by atoms with Gasteiger partial charge in [0.1, 0.15) is 5.60 Å². The number of ether oxygens (including phenoxy) is 2. The first-order valence-corrected chi connectivity index (χ1v) is 5.10. The Kier molecular flexibility index (Phi) is 5.52. The second kappa shape index (κ2) is 5.70. The number of carbonyl (C=O) groups is 1. The average molecular weight is 253 g/mol. The van der Waals surface area contributed by atoms with Gasteiger partial charge < -0.3 is 20.1 Å². The molecule has 6 heteroatoms. The van der Waals surface area contributed by atoms with Crippen molar-refractivity contribution in [3.63, 3.8) is 0 Å². The molecule has 1 heterocycles. The van der Waals surface area contributed by atoms with Crippen LogP contribution in [0.25, 0.3) is 0 Å². The molecule has 1 aliphatic heterocycles. The van der Waals surface area contributed by atoms with E-state index >= 15 is 0 Å². The van der Waals surface area contributed by atoms with Crippen molar-refractivity contribution in [1.29, 1.82) is 0 Å². The summed E-state index contributed by atoms with van der Waals surface area (Å²) in [6, 6.07) is -0.123. The van der Waals surface area contributed by atoms with E-state index in [9.17, 15) is 4.79 Å². The van der Waals surface area contributed by atoms with Crippen LogP contribution in [0, 0.1) is 0 Å². The van der Waals surface area contributed by atoms with Gasteiger partial charge >= 0.3 is 6.09 Å². The van der Waals surface area contributed by atoms with Crippen LogP contribution in [-0.2, 0) is 9.47 Å². The minimum Gasteiger partial charge on any atom is -0.444 e. The molecule has 2 N–H and O–H groups in total. The number of rotatable bonds is 1. The molecule has 96 valence electrons. The molecule has 0 aromatic heterocycles. The van der Waals surface area contributed by atoms with Crippen molar-refractivity contribution in [2.45, 2.75) is 38.5 Å². The number of nitrogens with two attached hydrogens (primary N) is 1. The fraction of sp³-hybridized carbons (Fsp3) is 0.900. The summed E-state index contributed by atoms with van der Waals surface area (Å²) >= 11 is 0. The molecule has 1 fully saturated rings. The zero-order chi connectivity index (χ0) is 11.6. The summed E-state index contributed by atoms with van der Waals surface area (Å²) in [5, 5.41) is 0. The van der Waals surface area contributed by atoms with E-state index in [1.54, 1.807) is 12.0 Å². The van der Waals surface area contributed by atoms with E-state index < -0.39 is 5.60 Å². The first-order valence-electron chi connectivity index (χ1n) is 5.10. The molecular weight excluding hydrogens is 232 g/mol. The SMILES string of the molecule is CO[C@@H]1CN(C(=O)OC(C)(C)C)C[C@H]1N.Cl. The van der Waals surface area contributed by atoms with Crippen LogP contribution < -0.4 is 5.73 Å². The van der Waals surface area contributed by atoms with Gasteiger partial charge in [-0.25, -0.2) is 4.79 Å². The molecule has 1 amide bonds. The van der Waals surface area contributed by atoms with Gasteiger partial charge in [-0.1, -0.05) is 0 Å². The molecule has 0 bridgehead atoms. The molecule has 1 aliphatic rings. The predicted octanol–water partition coefficient (Wildman–Crippen LogP) is 1.00. The first kappa shape index (κ1) is 15.5. The molecule has 1 rings (SSSR count). The van der Waals surface area contributed by atoms with Gasteiger partial charge in [0, 0.05) is 13.7 Å². The summed E-state index contributed by atoms with van der Waals surface area (Å²) in [5.74, 6) is 0. The number of halogens is 1. The van der Waals surface area contributed by atoms with Crippen LogP contribution in [0.5, 0.6) is 0 Å². The van der Waals surface area contributed by atoms with Crippen LogP contribution >= 0.6 is 12.4 Å². The second-order valence-electron chi connectivity index (χ2n) is 4.82. The van der Waals surface area contributed by atoms with Crippen molar-refractivity contribution in [2.75, 3.05) is 20.2 Å². The highest BCUT2D eigenvalue weighted by atomic mass is 35.5. The Morgan fingerprint density at radius 2 is 1.94 bits per heavy atom. The third kappa shape index (κ3) is 4.15. The summed E-state index contributed by atoms with van der Waals surface area (Å²) in [6.07, 6.45) is -0.407. The van der Waals surface area contributed by atoms with Crippen LogP contribution in [-0.4, -0.2) is 48.9 Å². The van der Waals surface area contributed by atoms with E-state index in [-0.39, 0.29) is 30.6 Å². The zero-order valence-electron chi connectivity index (χ0n) is 10.2. The number of hydrogen-bond acceptors (Lipinski definition) is 4. The van der Waals surface area contributed by atoms with Gasteiger partial charge in [0.05, 0.1) is 18.7 Å². The lowest BCUT2D eigenvalue weighted by atomic mass is 10.2. The number of hydrogen-bond donors (Lipinski definition) is 1. The largest absolute Gasteiger partial charge is 0.444 e. The summed E-state index contributed by atoms with van der Waals surface area (Å²) in [4.78, 5) is 13.2. The van der Waals surface area contributed by atoms with Gasteiger partial charge in [-0.2, -0.15) is 0 Å². The van der Waals surface area contributed by atoms with Gasteiger partial charge in [0.25, 0.3) is 0 Å². The Hall–Kier alpha value is -0.520. The smallest absolute Gasteiger partial charge is 0.410 e. The number of carbonyl (C=O) groups excluding carboxylic acids is 1. The van der Waals surface area contributed by atoms with Crippen molar-refractivity contribution in [2.24, 2.45) is 5.73 Å². The van der Waals surface area contributed by atoms with Crippen molar-refractivity contribution in [3.05, 3.63) is 0 Å². The van der Waals surface area contributed by atoms with Crippen LogP contribution in [0.15, 0.2) is 0 Å². The normalized spacial score (nSPS) is 25.2. The van der Waals surface area contributed by atoms with E-state index in [1.165, 1.54) is 0 Å². The predicted molar refractivity (Wildman–Crippen MR) is 63.8 cm³/mol. The second-order valence-corrected chi connectivity index (χ2v) is 4.82. The lowest BCUT2D eigenvalue weighted by Crippen LogP contribution is -2.36. The molecule has 0 radical (unpaired) electrons. The van der Waals surface area contributed by atoms with Crippen LogP contribution in [0.1, 0.15) is 20.8 Å². The standard InChI is InChI=1S/C10H20N2O3.ClH/c1-10(2,3)15-9(13)12-5-7(11)8(6-12)14-4;/h7-8H,5-6,11H2,1-4H3;1H/t7-,8-;/m1./s1. The van der Waals surface area contributed by atoms with Gasteiger partial charge in [-0.05, 0) is 20.8 Å². The maximum atomic E-state index is 11.7. The Balaban J connectivity index is 0.00000225. The summed E-state index contributed by atoms with van der Waals surface area (Å²) in [7, 11) is 1.60. The van der Waals surface area contributed by atoms with E-state index in [2.05, 4.69) is 0 Å². The third-order valence-corrected chi connectivity index (χ3v) is 2.26. The lowest BCUT2D eigenvalue weighted by Gasteiger charge is -2.24. The topological polar surface area (TPSA) is 64.8 Å². The minimum absolute atomic E-state index is 0. The van der Waals surface area contributed by atoms with Gasteiger partial charge in [0.15, 0.2) is 0 Å². The third-order valence-electron chi connectivity index (χ3n) is 2.26. The van der Waals surface area contributed by atoms with Crippen LogP contribution in [0.2, 0.25) is 0 Å². The highest BCUT2D eigenvalue weighted by molar-refractivity contribution is 5.85. The quantitative estimate of drug-likeness (QED) is 0.756. The van der Waals surface area contributed by atoms with Gasteiger partial charge in [-0.3, -0.25) is 0 Å². The highest BCUT2D eigenvalue weighted by Gasteiger charge is 2.35. The van der Waals surface area contributed by atoms with Gasteiger partial charge in [-0.15, -0.1) is 12.4 Å². The fourth-order valence-electron chi connectivity index (χ4n) is 1.52. The summed E-state index contributed by atoms with van der Waals surface area (Å²) in [6.45, 7) is 6.53. The average Bonchev–Trinajstić information content (AvgIpc) is 2.43. The maximum absolute atomic E-state index is 11.7. The molecule has 0 unspecified atom stereocenters. The number of nitrogens with zero attached hydrogens (tertiary/aromatic N) is 1. The highest BCUT2D eigenvalue weighted by Crippen LogP contribution is 2.16. The number of likely N-dealkylation sites (tertiary alicyclic amines) is 1. The summed E-state index contributed by atoms with van der Waals surface area (Å²) < 4.78 is 10.4. The monoisotopic (exact) mass is 252 g/mol. The Labute approximate surface area is 103 Å². The molecule has 1 saturated heterocycles. The Bertz CT molecular complexity index is 243. The lowest BCUT2D eigenvalue weighted by molar-refractivity contribution is 0.0252. The molecule has 0 aromatic carbocycles. The van der Waals surface area contributed by atoms with E-state index in [4.69, 9.17) is 15.2 Å². The van der Waals surface area contributed by atoms with Crippen LogP contribution in [0.4, 0.5) is 4.79 Å². The van der Waals surface area contributed by atoms with Gasteiger partial charge in [0.2, 0.25) is 0 Å². The summed E-state index contributed by atoms with van der Waals surface area (Å²) in [5.41, 5.74) is 5.34. The van der Waals surface area contributed by atoms with Crippen molar-refractivity contribution >= 4 is 18.5 Å². The van der Waals surface area contributed by atoms with E-state index in [0.29, 0.717) is 13.1 Å². The Morgan fingerprint density at radius 3 is 2.31 bits per heavy atom. The minimum atomic E-state index is -0.466. The maximum Gasteiger partial charge on any atom is 0.410 e. The van der Waals surface area contributed by atoms with E-state index in [1.807, 2.05) is 20.8 Å². The molecule has 0 aliphatic carbocycles. The van der Waals surface area contributed by atoms with Crippen LogP contribution in [0.3, 0.4) is 0 Å². The van der Waals surface area contributed by atoms with Crippen molar-refractivity contribution in [3.8, 4) is 0 Å². The molecule has 0 saturated carbocycles. The molecule has 0 spiro atoms. The van der Waals surface area contributed by atoms with Crippen molar-refractivity contribution < 1.29 is 14.3 Å². The molecular formula is C10H21ClN2O3. The zero-order valence-corrected chi connectivity index (χ0v) is 11.0. The first-order chi connectivity index (χ1) is 6.83. The molecule has 5 nitrogen and oxygen atoms in total. The molecule has 2 atom stereocenters. The molecule has 0 aromatic rings. The Morgan fingerprint density at radius 1 is 1.38 bits per heavy atom. The van der Waals surface area contributed by atoms with E-state index in [0.717, 1.165) is 0 Å². The number of methoxy groups -OCH3 is 1.